The number of furan rings is 1. The molecule has 3 nitrogen and oxygen atoms in total. The summed E-state index contributed by atoms with van der Waals surface area (Å²) in [5.74, 6) is 0. The zero-order valence-electron chi connectivity index (χ0n) is 29.7. The fourth-order valence-corrected chi connectivity index (χ4v) is 9.09. The van der Waals surface area contributed by atoms with Crippen molar-refractivity contribution in [2.45, 2.75) is 0 Å². The van der Waals surface area contributed by atoms with Crippen LogP contribution < -0.4 is 4.90 Å². The Balaban J connectivity index is 1.03. The summed E-state index contributed by atoms with van der Waals surface area (Å²) in [4.78, 5) is 7.37. The van der Waals surface area contributed by atoms with E-state index in [0.717, 1.165) is 70.9 Å². The maximum atomic E-state index is 6.39. The molecule has 0 aliphatic heterocycles. The number of thiazole rings is 1. The van der Waals surface area contributed by atoms with Gasteiger partial charge in [-0.1, -0.05) is 133 Å². The van der Waals surface area contributed by atoms with Crippen molar-refractivity contribution in [3.8, 4) is 32.8 Å². The molecule has 0 saturated heterocycles. The third kappa shape index (κ3) is 5.46. The van der Waals surface area contributed by atoms with Gasteiger partial charge in [0, 0.05) is 33.4 Å². The van der Waals surface area contributed by atoms with Gasteiger partial charge in [-0.15, -0.1) is 11.3 Å². The van der Waals surface area contributed by atoms with Gasteiger partial charge in [0.25, 0.3) is 0 Å². The van der Waals surface area contributed by atoms with Gasteiger partial charge in [0.2, 0.25) is 0 Å². The van der Waals surface area contributed by atoms with Gasteiger partial charge < -0.3 is 9.32 Å². The molecule has 2 heterocycles. The van der Waals surface area contributed by atoms with Crippen molar-refractivity contribution in [1.29, 1.82) is 0 Å². The SMILES string of the molecule is c1ccc(-c2cccc(N(c3ccc(-c4ccc5oc6ccc7nc(-c8ccccc8)sc7c6c5c4)cc3)c3ccc4ccc5ccccc5c4c3)c2)cc1. The lowest BCUT2D eigenvalue weighted by Crippen LogP contribution is -2.10. The minimum atomic E-state index is 0.880. The van der Waals surface area contributed by atoms with Gasteiger partial charge in [-0.25, -0.2) is 4.98 Å². The van der Waals surface area contributed by atoms with Crippen LogP contribution in [0.4, 0.5) is 17.1 Å². The molecule has 4 heteroatoms. The van der Waals surface area contributed by atoms with Crippen molar-refractivity contribution in [2.24, 2.45) is 0 Å². The molecule has 258 valence electrons. The molecule has 0 bridgehead atoms. The second kappa shape index (κ2) is 12.8. The van der Waals surface area contributed by atoms with Gasteiger partial charge in [0.1, 0.15) is 16.2 Å². The lowest BCUT2D eigenvalue weighted by molar-refractivity contribution is 0.669. The molecule has 9 aromatic carbocycles. The normalized spacial score (nSPS) is 11.6. The van der Waals surface area contributed by atoms with Crippen LogP contribution in [0.1, 0.15) is 0 Å². The van der Waals surface area contributed by atoms with Gasteiger partial charge in [-0.05, 0) is 104 Å². The molecule has 0 fully saturated rings. The van der Waals surface area contributed by atoms with Crippen molar-refractivity contribution in [3.05, 3.63) is 194 Å². The number of hydrogen-bond acceptors (Lipinski definition) is 4. The Morgan fingerprint density at radius 3 is 1.85 bits per heavy atom. The highest BCUT2D eigenvalue weighted by atomic mass is 32.1. The zero-order chi connectivity index (χ0) is 36.3. The highest BCUT2D eigenvalue weighted by Gasteiger charge is 2.18. The van der Waals surface area contributed by atoms with Crippen molar-refractivity contribution >= 4 is 82.1 Å². The first kappa shape index (κ1) is 31.5. The van der Waals surface area contributed by atoms with Crippen LogP contribution in [-0.4, -0.2) is 4.98 Å². The molecule has 0 spiro atoms. The van der Waals surface area contributed by atoms with E-state index in [9.17, 15) is 0 Å². The van der Waals surface area contributed by atoms with Crippen molar-refractivity contribution < 1.29 is 4.42 Å². The van der Waals surface area contributed by atoms with Gasteiger partial charge in [-0.2, -0.15) is 0 Å². The van der Waals surface area contributed by atoms with E-state index in [0.29, 0.717) is 0 Å². The molecule has 0 amide bonds. The van der Waals surface area contributed by atoms with Crippen LogP contribution in [0.2, 0.25) is 0 Å². The molecule has 0 atom stereocenters. The number of fused-ring (bicyclic) bond motifs is 8. The highest BCUT2D eigenvalue weighted by Crippen LogP contribution is 2.43. The largest absolute Gasteiger partial charge is 0.456 e. The number of nitrogens with zero attached hydrogens (tertiary/aromatic N) is 2. The average Bonchev–Trinajstić information content (AvgIpc) is 3.86. The monoisotopic (exact) mass is 720 g/mol. The van der Waals surface area contributed by atoms with E-state index >= 15 is 0 Å². The maximum Gasteiger partial charge on any atom is 0.137 e. The van der Waals surface area contributed by atoms with Crippen molar-refractivity contribution in [1.82, 2.24) is 4.98 Å². The number of rotatable bonds is 6. The molecule has 0 radical (unpaired) electrons. The Bertz CT molecular complexity index is 3200. The Labute approximate surface area is 322 Å². The molecule has 11 rings (SSSR count). The lowest BCUT2D eigenvalue weighted by atomic mass is 10.00. The van der Waals surface area contributed by atoms with E-state index in [2.05, 4.69) is 193 Å². The number of benzene rings is 9. The van der Waals surface area contributed by atoms with Crippen LogP contribution in [0.5, 0.6) is 0 Å². The summed E-state index contributed by atoms with van der Waals surface area (Å²) in [5.41, 5.74) is 11.8. The number of hydrogen-bond donors (Lipinski definition) is 0. The summed E-state index contributed by atoms with van der Waals surface area (Å²) in [7, 11) is 0. The third-order valence-corrected chi connectivity index (χ3v) is 11.8. The van der Waals surface area contributed by atoms with E-state index in [1.807, 2.05) is 6.07 Å². The molecule has 55 heavy (non-hydrogen) atoms. The Kier molecular flexibility index (Phi) is 7.35. The first-order valence-electron chi connectivity index (χ1n) is 18.5. The maximum absolute atomic E-state index is 6.39. The van der Waals surface area contributed by atoms with Crippen LogP contribution >= 0.6 is 11.3 Å². The van der Waals surface area contributed by atoms with Gasteiger partial charge in [0.15, 0.2) is 0 Å². The van der Waals surface area contributed by atoms with Crippen LogP contribution in [0.3, 0.4) is 0 Å². The minimum Gasteiger partial charge on any atom is -0.456 e. The fourth-order valence-electron chi connectivity index (χ4n) is 7.96. The van der Waals surface area contributed by atoms with Crippen LogP contribution in [0.25, 0.3) is 86.5 Å². The lowest BCUT2D eigenvalue weighted by Gasteiger charge is -2.27. The summed E-state index contributed by atoms with van der Waals surface area (Å²) in [5, 5.41) is 8.20. The fraction of sp³-hybridized carbons (Fsp3) is 0. The molecule has 0 N–H and O–H groups in total. The van der Waals surface area contributed by atoms with Crippen molar-refractivity contribution in [3.63, 3.8) is 0 Å². The Morgan fingerprint density at radius 1 is 0.400 bits per heavy atom. The quantitative estimate of drug-likeness (QED) is 0.160. The van der Waals surface area contributed by atoms with E-state index in [-0.39, 0.29) is 0 Å². The van der Waals surface area contributed by atoms with Gasteiger partial charge in [-0.3, -0.25) is 0 Å². The molecule has 0 saturated carbocycles. The topological polar surface area (TPSA) is 29.3 Å². The molecule has 11 aromatic rings. The smallest absolute Gasteiger partial charge is 0.137 e. The third-order valence-electron chi connectivity index (χ3n) is 10.7. The standard InChI is InChI=1S/C51H32N2OS/c1-3-10-33(11-4-1)38-15-9-16-41(30-38)53(42-26-22-36-19-18-35-12-7-8-17-43(35)44(36)32-42)40-24-20-34(21-25-40)39-23-28-47-45(31-39)49-48(54-47)29-27-46-50(49)55-51(52-46)37-13-5-2-6-14-37/h1-32H. The number of aromatic nitrogens is 1. The van der Waals surface area contributed by atoms with E-state index < -0.39 is 0 Å². The summed E-state index contributed by atoms with van der Waals surface area (Å²) in [6.07, 6.45) is 0. The molecular weight excluding hydrogens is 689 g/mol. The van der Waals surface area contributed by atoms with E-state index in [1.165, 1.54) is 32.7 Å². The van der Waals surface area contributed by atoms with Crippen LogP contribution in [-0.2, 0) is 0 Å². The molecule has 2 aromatic heterocycles. The second-order valence-electron chi connectivity index (χ2n) is 14.0. The average molecular weight is 721 g/mol. The Morgan fingerprint density at radius 2 is 1.02 bits per heavy atom. The summed E-state index contributed by atoms with van der Waals surface area (Å²) in [6.45, 7) is 0. The predicted molar refractivity (Wildman–Crippen MR) is 233 cm³/mol. The second-order valence-corrected chi connectivity index (χ2v) is 15.0. The highest BCUT2D eigenvalue weighted by molar-refractivity contribution is 7.22. The minimum absolute atomic E-state index is 0.880. The summed E-state index contributed by atoms with van der Waals surface area (Å²) in [6, 6.07) is 69.3. The van der Waals surface area contributed by atoms with Crippen molar-refractivity contribution in [2.75, 3.05) is 4.90 Å². The van der Waals surface area contributed by atoms with Crippen LogP contribution in [0.15, 0.2) is 199 Å². The summed E-state index contributed by atoms with van der Waals surface area (Å²) < 4.78 is 7.54. The molecule has 0 unspecified atom stereocenters. The Hall–Kier alpha value is -7.01. The summed E-state index contributed by atoms with van der Waals surface area (Å²) >= 11 is 1.73. The predicted octanol–water partition coefficient (Wildman–Crippen LogP) is 15.0. The van der Waals surface area contributed by atoms with Gasteiger partial charge >= 0.3 is 0 Å². The van der Waals surface area contributed by atoms with Gasteiger partial charge in [0.05, 0.1) is 10.2 Å². The van der Waals surface area contributed by atoms with E-state index in [1.54, 1.807) is 11.3 Å². The first-order valence-corrected chi connectivity index (χ1v) is 19.3. The molecule has 0 aliphatic rings. The first-order chi connectivity index (χ1) is 27.2. The molecular formula is C51H32N2OS. The van der Waals surface area contributed by atoms with E-state index in [4.69, 9.17) is 9.40 Å². The molecule has 0 aliphatic carbocycles. The number of anilines is 3. The van der Waals surface area contributed by atoms with Crippen LogP contribution in [0, 0.1) is 0 Å². The zero-order valence-corrected chi connectivity index (χ0v) is 30.5.